The van der Waals surface area contributed by atoms with Gasteiger partial charge in [-0.15, -0.1) is 0 Å². The summed E-state index contributed by atoms with van der Waals surface area (Å²) in [6.07, 6.45) is 1.80. The molecular formula is C27H29Cl2F3N4O5. The Bertz CT molecular complexity index is 1340. The van der Waals surface area contributed by atoms with Gasteiger partial charge in [-0.1, -0.05) is 23.2 Å². The highest BCUT2D eigenvalue weighted by atomic mass is 35.5. The van der Waals surface area contributed by atoms with Gasteiger partial charge in [-0.2, -0.15) is 18.3 Å². The van der Waals surface area contributed by atoms with Crippen LogP contribution >= 0.6 is 23.2 Å². The fourth-order valence-electron chi connectivity index (χ4n) is 6.33. The Morgan fingerprint density at radius 3 is 2.20 bits per heavy atom. The molecule has 1 saturated carbocycles. The van der Waals surface area contributed by atoms with Gasteiger partial charge in [0.2, 0.25) is 0 Å². The molecule has 2 aromatic heterocycles. The lowest BCUT2D eigenvalue weighted by molar-refractivity contribution is -0.152. The third kappa shape index (κ3) is 5.70. The molecule has 14 heteroatoms. The Morgan fingerprint density at radius 1 is 1.07 bits per heavy atom. The number of amides is 1. The van der Waals surface area contributed by atoms with E-state index < -0.39 is 58.7 Å². The summed E-state index contributed by atoms with van der Waals surface area (Å²) in [5.74, 6) is -2.67. The zero-order valence-electron chi connectivity index (χ0n) is 22.2. The minimum Gasteiger partial charge on any atom is -0.481 e. The molecular weight excluding hydrogens is 588 g/mol. The fourth-order valence-corrected chi connectivity index (χ4v) is 6.90. The number of Topliss-reactive ketones (excluding diaryl/α,β-unsaturated/α-hetero) is 1. The van der Waals surface area contributed by atoms with Gasteiger partial charge in [0.1, 0.15) is 0 Å². The van der Waals surface area contributed by atoms with Crippen LogP contribution < -0.4 is 0 Å². The molecule has 0 aromatic carbocycles. The number of carboxylic acid groups (broad SMARTS) is 1. The maximum absolute atomic E-state index is 14.5. The van der Waals surface area contributed by atoms with Crippen LogP contribution in [0.2, 0.25) is 10.0 Å². The van der Waals surface area contributed by atoms with Gasteiger partial charge in [0.25, 0.3) is 5.91 Å². The van der Waals surface area contributed by atoms with E-state index in [0.29, 0.717) is 12.8 Å². The van der Waals surface area contributed by atoms with Crippen molar-refractivity contribution in [1.29, 1.82) is 0 Å². The Labute approximate surface area is 243 Å². The number of fused-ring (bicyclic) bond motifs is 2. The van der Waals surface area contributed by atoms with Gasteiger partial charge in [-0.05, 0) is 58.3 Å². The van der Waals surface area contributed by atoms with E-state index in [1.807, 2.05) is 0 Å². The van der Waals surface area contributed by atoms with Crippen molar-refractivity contribution in [2.75, 3.05) is 13.1 Å². The highest BCUT2D eigenvalue weighted by Crippen LogP contribution is 2.46. The molecule has 4 heterocycles. The zero-order valence-corrected chi connectivity index (χ0v) is 23.7. The highest BCUT2D eigenvalue weighted by Gasteiger charge is 2.49. The Hall–Kier alpha value is -2.70. The maximum Gasteiger partial charge on any atom is 0.433 e. The van der Waals surface area contributed by atoms with Crippen molar-refractivity contribution in [3.63, 3.8) is 0 Å². The summed E-state index contributed by atoms with van der Waals surface area (Å²) in [7, 11) is 0. The molecule has 2 aliphatic heterocycles. The second kappa shape index (κ2) is 10.9. The number of ether oxygens (including phenoxy) is 1. The monoisotopic (exact) mass is 616 g/mol. The molecule has 0 spiro atoms. The highest BCUT2D eigenvalue weighted by molar-refractivity contribution is 6.39. The van der Waals surface area contributed by atoms with Crippen molar-refractivity contribution >= 4 is 40.9 Å². The number of carbonyl (C=O) groups is 3. The Morgan fingerprint density at radius 2 is 1.68 bits per heavy atom. The van der Waals surface area contributed by atoms with E-state index in [2.05, 4.69) is 10.1 Å². The molecule has 1 amide bonds. The molecule has 3 aliphatic rings. The molecule has 0 radical (unpaired) electrons. The number of hydrogen-bond acceptors (Lipinski definition) is 6. The van der Waals surface area contributed by atoms with Gasteiger partial charge in [0.15, 0.2) is 11.5 Å². The molecule has 9 nitrogen and oxygen atoms in total. The molecule has 41 heavy (non-hydrogen) atoms. The predicted octanol–water partition coefficient (Wildman–Crippen LogP) is 5.85. The summed E-state index contributed by atoms with van der Waals surface area (Å²) in [6.45, 7) is 0.904. The average molecular weight is 617 g/mol. The third-order valence-corrected chi connectivity index (χ3v) is 9.28. The SMILES string of the molecule is CC1(C(=O)O)CCC(n2ncc(C(=O)N(CC(=O)c3c(Cl)cncc3Cl)CC34CCC(CC3)O4)c2C(F)(F)F)CC1. The largest absolute Gasteiger partial charge is 0.481 e. The van der Waals surface area contributed by atoms with E-state index >= 15 is 0 Å². The van der Waals surface area contributed by atoms with Crippen molar-refractivity contribution in [3.05, 3.63) is 45.5 Å². The number of pyridine rings is 1. The van der Waals surface area contributed by atoms with Gasteiger partial charge >= 0.3 is 12.1 Å². The van der Waals surface area contributed by atoms with Crippen LogP contribution in [0.4, 0.5) is 13.2 Å². The topological polar surface area (TPSA) is 115 Å². The van der Waals surface area contributed by atoms with Crippen molar-refractivity contribution < 1.29 is 37.4 Å². The smallest absolute Gasteiger partial charge is 0.433 e. The van der Waals surface area contributed by atoms with Gasteiger partial charge in [0, 0.05) is 12.4 Å². The van der Waals surface area contributed by atoms with Crippen molar-refractivity contribution in [1.82, 2.24) is 19.7 Å². The number of hydrogen-bond donors (Lipinski definition) is 1. The Kier molecular flexibility index (Phi) is 7.88. The van der Waals surface area contributed by atoms with Crippen LogP contribution in [0.1, 0.15) is 90.7 Å². The lowest BCUT2D eigenvalue weighted by atomic mass is 9.74. The third-order valence-electron chi connectivity index (χ3n) is 8.71. The molecule has 2 aromatic rings. The predicted molar refractivity (Wildman–Crippen MR) is 141 cm³/mol. The quantitative estimate of drug-likeness (QED) is 0.370. The normalized spacial score (nSPS) is 27.7. The van der Waals surface area contributed by atoms with Gasteiger partial charge in [-0.3, -0.25) is 24.0 Å². The summed E-state index contributed by atoms with van der Waals surface area (Å²) in [4.78, 5) is 43.8. The van der Waals surface area contributed by atoms with Crippen LogP contribution in [0.5, 0.6) is 0 Å². The number of halogens is 5. The van der Waals surface area contributed by atoms with Gasteiger partial charge in [0.05, 0.1) is 63.6 Å². The minimum atomic E-state index is -4.94. The zero-order chi connectivity index (χ0) is 29.7. The van der Waals surface area contributed by atoms with E-state index in [-0.39, 0.29) is 53.9 Å². The number of carbonyl (C=O) groups excluding carboxylic acids is 2. The van der Waals surface area contributed by atoms with Gasteiger partial charge in [-0.25, -0.2) is 0 Å². The maximum atomic E-state index is 14.5. The number of ketones is 1. The summed E-state index contributed by atoms with van der Waals surface area (Å²) in [6, 6.07) is -0.738. The lowest BCUT2D eigenvalue weighted by Gasteiger charge is -2.35. The van der Waals surface area contributed by atoms with E-state index in [9.17, 15) is 32.7 Å². The summed E-state index contributed by atoms with van der Waals surface area (Å²) >= 11 is 12.3. The van der Waals surface area contributed by atoms with E-state index in [1.165, 1.54) is 12.4 Å². The summed E-state index contributed by atoms with van der Waals surface area (Å²) in [5.41, 5.74) is -3.78. The van der Waals surface area contributed by atoms with Crippen LogP contribution in [-0.4, -0.2) is 67.2 Å². The van der Waals surface area contributed by atoms with Crippen molar-refractivity contribution in [2.45, 2.75) is 82.2 Å². The number of carboxylic acids is 1. The molecule has 5 rings (SSSR count). The molecule has 2 bridgehead atoms. The van der Waals surface area contributed by atoms with Gasteiger partial charge < -0.3 is 14.7 Å². The van der Waals surface area contributed by atoms with Crippen LogP contribution in [0.15, 0.2) is 18.6 Å². The number of aliphatic carboxylic acids is 1. The van der Waals surface area contributed by atoms with Crippen LogP contribution in [0.3, 0.4) is 0 Å². The van der Waals surface area contributed by atoms with Crippen LogP contribution in [0.25, 0.3) is 0 Å². The summed E-state index contributed by atoms with van der Waals surface area (Å²) in [5, 5.41) is 13.4. The van der Waals surface area contributed by atoms with Crippen LogP contribution in [0, 0.1) is 5.41 Å². The van der Waals surface area contributed by atoms with E-state index in [1.54, 1.807) is 6.92 Å². The summed E-state index contributed by atoms with van der Waals surface area (Å²) < 4.78 is 50.5. The lowest BCUT2D eigenvalue weighted by Crippen LogP contribution is -2.47. The number of rotatable bonds is 8. The molecule has 3 fully saturated rings. The molecule has 222 valence electrons. The number of aromatic nitrogens is 3. The van der Waals surface area contributed by atoms with E-state index in [4.69, 9.17) is 27.9 Å². The first-order chi connectivity index (χ1) is 19.2. The number of nitrogens with zero attached hydrogens (tertiary/aromatic N) is 4. The Balaban J connectivity index is 1.48. The molecule has 1 aliphatic carbocycles. The second-order valence-electron chi connectivity index (χ2n) is 11.5. The van der Waals surface area contributed by atoms with E-state index in [0.717, 1.165) is 28.6 Å². The second-order valence-corrected chi connectivity index (χ2v) is 12.3. The molecule has 0 unspecified atom stereocenters. The first-order valence-electron chi connectivity index (χ1n) is 13.4. The number of alkyl halides is 3. The standard InChI is InChI=1S/C27H29Cl2F3N4O5/c1-25(24(39)40)6-2-15(3-7-25)36-22(27(30,31)32)17(10-34-36)23(38)35(14-26-8-4-16(41-26)5-9-26)13-20(37)21-18(28)11-33-12-19(21)29/h10-12,15-16H,2-9,13-14H2,1H3,(H,39,40). The van der Waals surface area contributed by atoms with Crippen LogP contribution in [-0.2, 0) is 15.7 Å². The van der Waals surface area contributed by atoms with Crippen molar-refractivity contribution in [2.24, 2.45) is 5.41 Å². The molecule has 2 saturated heterocycles. The first kappa shape index (κ1) is 29.8. The van der Waals surface area contributed by atoms with Crippen molar-refractivity contribution in [3.8, 4) is 0 Å². The fraction of sp³-hybridized carbons (Fsp3) is 0.593. The molecule has 1 N–H and O–H groups in total. The first-order valence-corrected chi connectivity index (χ1v) is 14.2. The molecule has 0 atom stereocenters. The minimum absolute atomic E-state index is 0.0167. The average Bonchev–Trinajstić information content (AvgIpc) is 3.63.